The second-order valence-electron chi connectivity index (χ2n) is 4.43. The molecule has 84 valence electrons. The summed E-state index contributed by atoms with van der Waals surface area (Å²) in [4.78, 5) is 0. The lowest BCUT2D eigenvalue weighted by Crippen LogP contribution is -2.47. The van der Waals surface area contributed by atoms with E-state index in [2.05, 4.69) is 0 Å². The highest BCUT2D eigenvalue weighted by Gasteiger charge is 2.50. The van der Waals surface area contributed by atoms with Crippen LogP contribution in [0.4, 0.5) is 0 Å². The molecule has 0 aliphatic heterocycles. The van der Waals surface area contributed by atoms with Crippen LogP contribution in [0.1, 0.15) is 19.8 Å². The fraction of sp³-hybridized carbons (Fsp3) is 1.00. The summed E-state index contributed by atoms with van der Waals surface area (Å²) in [7, 11) is -3.14. The van der Waals surface area contributed by atoms with E-state index in [0.29, 0.717) is 6.42 Å². The van der Waals surface area contributed by atoms with Crippen molar-refractivity contribution in [3.05, 3.63) is 0 Å². The normalized spacial score (nSPS) is 38.9. The largest absolute Gasteiger partial charge is 0.396 e. The third kappa shape index (κ3) is 1.68. The van der Waals surface area contributed by atoms with Crippen molar-refractivity contribution < 1.29 is 13.5 Å². The van der Waals surface area contributed by atoms with Crippen LogP contribution in [0.5, 0.6) is 0 Å². The Balaban J connectivity index is 3.03. The first-order valence-corrected chi connectivity index (χ1v) is 6.77. The zero-order chi connectivity index (χ0) is 11.0. The van der Waals surface area contributed by atoms with Gasteiger partial charge in [-0.3, -0.25) is 0 Å². The van der Waals surface area contributed by atoms with E-state index in [0.717, 1.165) is 6.42 Å². The van der Waals surface area contributed by atoms with Gasteiger partial charge < -0.3 is 10.8 Å². The molecule has 1 aliphatic carbocycles. The van der Waals surface area contributed by atoms with E-state index in [1.54, 1.807) is 0 Å². The summed E-state index contributed by atoms with van der Waals surface area (Å²) in [5.41, 5.74) is 5.60. The van der Waals surface area contributed by atoms with Gasteiger partial charge in [0.2, 0.25) is 0 Å². The third-order valence-electron chi connectivity index (χ3n) is 3.56. The Morgan fingerprint density at radius 2 is 2.14 bits per heavy atom. The minimum absolute atomic E-state index is 0.0413. The van der Waals surface area contributed by atoms with Crippen molar-refractivity contribution in [3.63, 3.8) is 0 Å². The maximum absolute atomic E-state index is 11.7. The van der Waals surface area contributed by atoms with Crippen LogP contribution in [0.2, 0.25) is 0 Å². The van der Waals surface area contributed by atoms with Gasteiger partial charge >= 0.3 is 0 Å². The predicted molar refractivity (Wildman–Crippen MR) is 55.6 cm³/mol. The molecule has 1 rings (SSSR count). The number of aliphatic hydroxyl groups excluding tert-OH is 1. The Morgan fingerprint density at radius 1 is 1.57 bits per heavy atom. The quantitative estimate of drug-likeness (QED) is 0.689. The average molecular weight is 221 g/mol. The molecule has 0 bridgehead atoms. The van der Waals surface area contributed by atoms with E-state index in [1.165, 1.54) is 6.26 Å². The molecule has 0 unspecified atom stereocenters. The molecule has 0 aromatic carbocycles. The Labute approximate surface area is 85.4 Å². The van der Waals surface area contributed by atoms with Gasteiger partial charge in [0, 0.05) is 19.4 Å². The summed E-state index contributed by atoms with van der Waals surface area (Å²) in [5.74, 6) is 0.128. The first-order chi connectivity index (χ1) is 6.37. The molecule has 3 atom stereocenters. The Hall–Kier alpha value is -0.130. The van der Waals surface area contributed by atoms with Gasteiger partial charge in [0.05, 0.1) is 4.75 Å². The maximum Gasteiger partial charge on any atom is 0.154 e. The van der Waals surface area contributed by atoms with Crippen LogP contribution in [0, 0.1) is 11.8 Å². The summed E-state index contributed by atoms with van der Waals surface area (Å²) < 4.78 is 22.6. The van der Waals surface area contributed by atoms with E-state index in [9.17, 15) is 8.42 Å². The predicted octanol–water partition coefficient (Wildman–Crippen LogP) is -0.233. The van der Waals surface area contributed by atoms with Gasteiger partial charge in [-0.05, 0) is 24.7 Å². The highest BCUT2D eigenvalue weighted by molar-refractivity contribution is 7.92. The summed E-state index contributed by atoms with van der Waals surface area (Å²) in [5, 5.41) is 9.04. The number of hydrogen-bond donors (Lipinski definition) is 2. The Bertz CT molecular complexity index is 301. The molecule has 0 spiro atoms. The van der Waals surface area contributed by atoms with Gasteiger partial charge in [-0.25, -0.2) is 8.42 Å². The zero-order valence-electron chi connectivity index (χ0n) is 8.73. The SMILES string of the molecule is C[C@H]1C[C@H](CO)C[C@@]1(CN)S(C)(=O)=O. The molecule has 4 nitrogen and oxygen atoms in total. The van der Waals surface area contributed by atoms with Crippen molar-refractivity contribution in [3.8, 4) is 0 Å². The van der Waals surface area contributed by atoms with Gasteiger partial charge in [0.1, 0.15) is 0 Å². The maximum atomic E-state index is 11.7. The van der Waals surface area contributed by atoms with E-state index < -0.39 is 14.6 Å². The number of nitrogens with two attached hydrogens (primary N) is 1. The zero-order valence-corrected chi connectivity index (χ0v) is 9.55. The minimum atomic E-state index is -3.14. The molecule has 3 N–H and O–H groups in total. The van der Waals surface area contributed by atoms with E-state index in [-0.39, 0.29) is 25.0 Å². The summed E-state index contributed by atoms with van der Waals surface area (Å²) >= 11 is 0. The molecule has 1 aliphatic rings. The van der Waals surface area contributed by atoms with Gasteiger partial charge in [-0.15, -0.1) is 0 Å². The second kappa shape index (κ2) is 3.79. The topological polar surface area (TPSA) is 80.4 Å². The monoisotopic (exact) mass is 221 g/mol. The van der Waals surface area contributed by atoms with Crippen LogP contribution in [-0.2, 0) is 9.84 Å². The van der Waals surface area contributed by atoms with Crippen molar-refractivity contribution in [2.45, 2.75) is 24.5 Å². The van der Waals surface area contributed by atoms with E-state index >= 15 is 0 Å². The molecule has 1 fully saturated rings. The van der Waals surface area contributed by atoms with Crippen LogP contribution in [0.25, 0.3) is 0 Å². The average Bonchev–Trinajstić information content (AvgIpc) is 2.42. The summed E-state index contributed by atoms with van der Waals surface area (Å²) in [6.45, 7) is 2.12. The number of rotatable bonds is 3. The number of sulfone groups is 1. The van der Waals surface area contributed by atoms with Crippen molar-refractivity contribution in [2.24, 2.45) is 17.6 Å². The first kappa shape index (κ1) is 11.9. The van der Waals surface area contributed by atoms with Crippen LogP contribution in [0.15, 0.2) is 0 Å². The molecule has 0 aromatic heterocycles. The molecule has 0 aromatic rings. The van der Waals surface area contributed by atoms with Crippen LogP contribution >= 0.6 is 0 Å². The molecule has 0 amide bonds. The second-order valence-corrected chi connectivity index (χ2v) is 6.79. The lowest BCUT2D eigenvalue weighted by molar-refractivity contribution is 0.226. The smallest absolute Gasteiger partial charge is 0.154 e. The molecular formula is C9H19NO3S. The highest BCUT2D eigenvalue weighted by atomic mass is 32.2. The minimum Gasteiger partial charge on any atom is -0.396 e. The summed E-state index contributed by atoms with van der Waals surface area (Å²) in [6.07, 6.45) is 2.50. The third-order valence-corrected chi connectivity index (χ3v) is 5.77. The van der Waals surface area contributed by atoms with Gasteiger partial charge in [-0.2, -0.15) is 0 Å². The van der Waals surface area contributed by atoms with Gasteiger partial charge in [-0.1, -0.05) is 6.92 Å². The van der Waals surface area contributed by atoms with Crippen LogP contribution in [-0.4, -0.2) is 37.7 Å². The van der Waals surface area contributed by atoms with E-state index in [1.807, 2.05) is 6.92 Å². The molecule has 0 heterocycles. The van der Waals surface area contributed by atoms with Gasteiger partial charge in [0.25, 0.3) is 0 Å². The van der Waals surface area contributed by atoms with Crippen molar-refractivity contribution in [1.29, 1.82) is 0 Å². The lowest BCUT2D eigenvalue weighted by atomic mass is 9.97. The van der Waals surface area contributed by atoms with Crippen molar-refractivity contribution >= 4 is 9.84 Å². The van der Waals surface area contributed by atoms with Crippen LogP contribution in [0.3, 0.4) is 0 Å². The molecule has 0 saturated heterocycles. The molecular weight excluding hydrogens is 202 g/mol. The Morgan fingerprint density at radius 3 is 2.36 bits per heavy atom. The molecule has 0 radical (unpaired) electrons. The lowest BCUT2D eigenvalue weighted by Gasteiger charge is -2.30. The summed E-state index contributed by atoms with van der Waals surface area (Å²) in [6, 6.07) is 0. The van der Waals surface area contributed by atoms with Crippen molar-refractivity contribution in [2.75, 3.05) is 19.4 Å². The Kier molecular flexibility index (Phi) is 3.23. The van der Waals surface area contributed by atoms with Crippen molar-refractivity contribution in [1.82, 2.24) is 0 Å². The van der Waals surface area contributed by atoms with E-state index in [4.69, 9.17) is 10.8 Å². The molecule has 1 saturated carbocycles. The number of aliphatic hydroxyl groups is 1. The first-order valence-electron chi connectivity index (χ1n) is 4.88. The molecule has 5 heteroatoms. The molecule has 14 heavy (non-hydrogen) atoms. The fourth-order valence-electron chi connectivity index (χ4n) is 2.58. The van der Waals surface area contributed by atoms with Gasteiger partial charge in [0.15, 0.2) is 9.84 Å². The fourth-order valence-corrected chi connectivity index (χ4v) is 4.25. The van der Waals surface area contributed by atoms with Crippen LogP contribution < -0.4 is 5.73 Å². The number of hydrogen-bond acceptors (Lipinski definition) is 4. The highest BCUT2D eigenvalue weighted by Crippen LogP contribution is 2.43. The standard InChI is InChI=1S/C9H19NO3S/c1-7-3-8(5-11)4-9(7,6-10)14(2,12)13/h7-8,11H,3-6,10H2,1-2H3/t7-,8-,9-/m0/s1.